The van der Waals surface area contributed by atoms with E-state index < -0.39 is 18.1 Å². The average molecular weight is 263 g/mol. The van der Waals surface area contributed by atoms with E-state index in [2.05, 4.69) is 5.32 Å². The summed E-state index contributed by atoms with van der Waals surface area (Å²) in [7, 11) is 0. The van der Waals surface area contributed by atoms with E-state index in [1.54, 1.807) is 0 Å². The molecule has 1 aliphatic carbocycles. The minimum atomic E-state index is -0.884. The Kier molecular flexibility index (Phi) is 4.93. The van der Waals surface area contributed by atoms with E-state index in [0.29, 0.717) is 6.04 Å². The van der Waals surface area contributed by atoms with E-state index in [9.17, 15) is 9.90 Å². The number of carboxylic acid groups (broad SMARTS) is 1. The first-order valence-electron chi connectivity index (χ1n) is 6.87. The molecule has 2 rings (SSSR count). The summed E-state index contributed by atoms with van der Waals surface area (Å²) in [6.45, 7) is 0. The Hall–Kier alpha value is -1.39. The van der Waals surface area contributed by atoms with Crippen molar-refractivity contribution in [3.05, 3.63) is 35.9 Å². The molecule has 4 heteroatoms. The van der Waals surface area contributed by atoms with Crippen molar-refractivity contribution in [2.75, 3.05) is 0 Å². The van der Waals surface area contributed by atoms with Crippen molar-refractivity contribution in [3.63, 3.8) is 0 Å². The van der Waals surface area contributed by atoms with Crippen molar-refractivity contribution >= 4 is 5.97 Å². The van der Waals surface area contributed by atoms with Crippen LogP contribution < -0.4 is 5.32 Å². The van der Waals surface area contributed by atoms with E-state index in [1.165, 1.54) is 12.8 Å². The summed E-state index contributed by atoms with van der Waals surface area (Å²) in [6, 6.07) is 9.15. The molecule has 0 bridgehead atoms. The monoisotopic (exact) mass is 263 g/mol. The summed E-state index contributed by atoms with van der Waals surface area (Å²) in [5.74, 6) is -0.884. The quantitative estimate of drug-likeness (QED) is 0.735. The number of carbonyl (C=O) groups is 1. The lowest BCUT2D eigenvalue weighted by molar-refractivity contribution is -0.138. The van der Waals surface area contributed by atoms with Crippen molar-refractivity contribution in [3.8, 4) is 0 Å². The molecule has 1 saturated carbocycles. The van der Waals surface area contributed by atoms with Crippen LogP contribution in [-0.4, -0.2) is 28.3 Å². The van der Waals surface area contributed by atoms with E-state index in [0.717, 1.165) is 18.4 Å². The summed E-state index contributed by atoms with van der Waals surface area (Å²) in [5.41, 5.74) is 0.763. The van der Waals surface area contributed by atoms with Gasteiger partial charge in [0.1, 0.15) is 0 Å². The second-order valence-corrected chi connectivity index (χ2v) is 5.21. The van der Waals surface area contributed by atoms with Crippen LogP contribution in [0.2, 0.25) is 0 Å². The lowest BCUT2D eigenvalue weighted by Gasteiger charge is -2.26. The van der Waals surface area contributed by atoms with Crippen LogP contribution in [0.1, 0.15) is 43.8 Å². The standard InChI is InChI=1S/C15H21NO3/c17-14(18)10-13(16-12-8-4-5-9-12)15(19)11-6-2-1-3-7-11/h1-3,6-7,12-13,15-16,19H,4-5,8-10H2,(H,17,18). The van der Waals surface area contributed by atoms with Crippen molar-refractivity contribution in [1.82, 2.24) is 5.32 Å². The summed E-state index contributed by atoms with van der Waals surface area (Å²) < 4.78 is 0. The lowest BCUT2D eigenvalue weighted by atomic mass is 9.98. The zero-order valence-corrected chi connectivity index (χ0v) is 11.0. The molecule has 0 saturated heterocycles. The van der Waals surface area contributed by atoms with Gasteiger partial charge in [0.25, 0.3) is 0 Å². The number of aliphatic hydroxyl groups excluding tert-OH is 1. The predicted molar refractivity (Wildman–Crippen MR) is 72.8 cm³/mol. The van der Waals surface area contributed by atoms with Gasteiger partial charge >= 0.3 is 5.97 Å². The zero-order valence-electron chi connectivity index (χ0n) is 11.0. The molecule has 1 fully saturated rings. The van der Waals surface area contributed by atoms with Crippen LogP contribution in [0.5, 0.6) is 0 Å². The van der Waals surface area contributed by atoms with Gasteiger partial charge < -0.3 is 15.5 Å². The molecule has 19 heavy (non-hydrogen) atoms. The first kappa shape index (κ1) is 14.0. The van der Waals surface area contributed by atoms with Gasteiger partial charge in [0.2, 0.25) is 0 Å². The van der Waals surface area contributed by atoms with Gasteiger partial charge in [-0.25, -0.2) is 0 Å². The molecule has 1 aliphatic rings. The minimum Gasteiger partial charge on any atom is -0.481 e. The third kappa shape index (κ3) is 4.04. The largest absolute Gasteiger partial charge is 0.481 e. The number of aliphatic hydroxyl groups is 1. The highest BCUT2D eigenvalue weighted by Gasteiger charge is 2.27. The van der Waals surface area contributed by atoms with Gasteiger partial charge in [-0.3, -0.25) is 4.79 Å². The van der Waals surface area contributed by atoms with Gasteiger partial charge in [0, 0.05) is 12.1 Å². The number of rotatable bonds is 6. The fraction of sp³-hybridized carbons (Fsp3) is 0.533. The Morgan fingerprint density at radius 1 is 1.26 bits per heavy atom. The fourth-order valence-electron chi connectivity index (χ4n) is 2.73. The van der Waals surface area contributed by atoms with Crippen molar-refractivity contribution in [2.24, 2.45) is 0 Å². The Balaban J connectivity index is 2.05. The van der Waals surface area contributed by atoms with Gasteiger partial charge in [0.05, 0.1) is 12.5 Å². The fourth-order valence-corrected chi connectivity index (χ4v) is 2.73. The first-order chi connectivity index (χ1) is 9.16. The molecular weight excluding hydrogens is 242 g/mol. The maximum Gasteiger partial charge on any atom is 0.305 e. The molecule has 0 spiro atoms. The average Bonchev–Trinajstić information content (AvgIpc) is 2.90. The molecule has 2 unspecified atom stereocenters. The molecule has 3 N–H and O–H groups in total. The normalized spacial score (nSPS) is 19.2. The molecule has 0 aromatic heterocycles. The smallest absolute Gasteiger partial charge is 0.305 e. The molecule has 0 radical (unpaired) electrons. The summed E-state index contributed by atoms with van der Waals surface area (Å²) in [6.07, 6.45) is 3.65. The predicted octanol–water partition coefficient (Wildman–Crippen LogP) is 2.10. The van der Waals surface area contributed by atoms with Crippen molar-refractivity contribution in [2.45, 2.75) is 50.3 Å². The molecular formula is C15H21NO3. The molecule has 4 nitrogen and oxygen atoms in total. The molecule has 2 atom stereocenters. The minimum absolute atomic E-state index is 0.0629. The first-order valence-corrected chi connectivity index (χ1v) is 6.87. The van der Waals surface area contributed by atoms with E-state index in [4.69, 9.17) is 5.11 Å². The Morgan fingerprint density at radius 2 is 1.89 bits per heavy atom. The number of aliphatic carboxylic acids is 1. The second kappa shape index (κ2) is 6.68. The Morgan fingerprint density at radius 3 is 2.47 bits per heavy atom. The Bertz CT molecular complexity index is 401. The molecule has 0 aliphatic heterocycles. The van der Waals surface area contributed by atoms with Crippen LogP contribution in [0, 0.1) is 0 Å². The summed E-state index contributed by atoms with van der Waals surface area (Å²) in [4.78, 5) is 11.0. The van der Waals surface area contributed by atoms with Crippen LogP contribution in [0.4, 0.5) is 0 Å². The number of hydrogen-bond acceptors (Lipinski definition) is 3. The molecule has 0 amide bonds. The van der Waals surface area contributed by atoms with Gasteiger partial charge in [-0.15, -0.1) is 0 Å². The topological polar surface area (TPSA) is 69.6 Å². The van der Waals surface area contributed by atoms with Crippen LogP contribution >= 0.6 is 0 Å². The van der Waals surface area contributed by atoms with Gasteiger partial charge in [-0.1, -0.05) is 43.2 Å². The van der Waals surface area contributed by atoms with Gasteiger partial charge in [0.15, 0.2) is 0 Å². The zero-order chi connectivity index (χ0) is 13.7. The SMILES string of the molecule is O=C(O)CC(NC1CCCC1)C(O)c1ccccc1. The molecule has 0 heterocycles. The third-order valence-electron chi connectivity index (χ3n) is 3.72. The highest BCUT2D eigenvalue weighted by atomic mass is 16.4. The number of carboxylic acids is 1. The second-order valence-electron chi connectivity index (χ2n) is 5.21. The van der Waals surface area contributed by atoms with Crippen LogP contribution in [-0.2, 0) is 4.79 Å². The van der Waals surface area contributed by atoms with Crippen LogP contribution in [0.3, 0.4) is 0 Å². The summed E-state index contributed by atoms with van der Waals surface area (Å²) in [5, 5.41) is 22.7. The van der Waals surface area contributed by atoms with Crippen LogP contribution in [0.25, 0.3) is 0 Å². The highest BCUT2D eigenvalue weighted by Crippen LogP contribution is 2.23. The molecule has 104 valence electrons. The number of hydrogen-bond donors (Lipinski definition) is 3. The maximum absolute atomic E-state index is 11.0. The van der Waals surface area contributed by atoms with E-state index in [-0.39, 0.29) is 6.42 Å². The van der Waals surface area contributed by atoms with Crippen molar-refractivity contribution < 1.29 is 15.0 Å². The molecule has 1 aromatic carbocycles. The van der Waals surface area contributed by atoms with Gasteiger partial charge in [-0.05, 0) is 18.4 Å². The molecule has 1 aromatic rings. The maximum atomic E-state index is 11.0. The third-order valence-corrected chi connectivity index (χ3v) is 3.72. The van der Waals surface area contributed by atoms with Gasteiger partial charge in [-0.2, -0.15) is 0 Å². The lowest BCUT2D eigenvalue weighted by Crippen LogP contribution is -2.42. The number of nitrogens with one attached hydrogen (secondary N) is 1. The Labute approximate surface area is 113 Å². The number of benzene rings is 1. The van der Waals surface area contributed by atoms with E-state index >= 15 is 0 Å². The van der Waals surface area contributed by atoms with Crippen molar-refractivity contribution in [1.29, 1.82) is 0 Å². The summed E-state index contributed by atoms with van der Waals surface area (Å²) >= 11 is 0. The van der Waals surface area contributed by atoms with E-state index in [1.807, 2.05) is 30.3 Å². The van der Waals surface area contributed by atoms with Crippen LogP contribution in [0.15, 0.2) is 30.3 Å². The highest BCUT2D eigenvalue weighted by molar-refractivity contribution is 5.67.